The third-order valence-electron chi connectivity index (χ3n) is 3.05. The van der Waals surface area contributed by atoms with E-state index in [1.807, 2.05) is 51.1 Å². The first kappa shape index (κ1) is 15.5. The van der Waals surface area contributed by atoms with Gasteiger partial charge in [0, 0.05) is 17.9 Å². The number of thioether (sulfide) groups is 1. The summed E-state index contributed by atoms with van der Waals surface area (Å²) in [4.78, 5) is 22.4. The Morgan fingerprint density at radius 3 is 2.71 bits per heavy atom. The molecule has 1 aromatic carbocycles. The monoisotopic (exact) mass is 301 g/mol. The molecule has 0 fully saturated rings. The predicted molar refractivity (Wildman–Crippen MR) is 86.7 cm³/mol. The van der Waals surface area contributed by atoms with Crippen molar-refractivity contribution in [3.8, 4) is 0 Å². The molecule has 1 aromatic heterocycles. The largest absolute Gasteiger partial charge is 0.312 e. The van der Waals surface area contributed by atoms with Crippen molar-refractivity contribution in [1.29, 1.82) is 0 Å². The van der Waals surface area contributed by atoms with Crippen molar-refractivity contribution >= 4 is 23.4 Å². The molecule has 0 radical (unpaired) electrons. The smallest absolute Gasteiger partial charge is 0.237 e. The van der Waals surface area contributed by atoms with E-state index in [0.29, 0.717) is 12.3 Å². The molecule has 5 heteroatoms. The number of aromatic nitrogens is 2. The molecule has 4 nitrogen and oxygen atoms in total. The van der Waals surface area contributed by atoms with Gasteiger partial charge in [0.25, 0.3) is 0 Å². The zero-order chi connectivity index (χ0) is 15.2. The van der Waals surface area contributed by atoms with Gasteiger partial charge in [0.2, 0.25) is 5.91 Å². The fourth-order valence-corrected chi connectivity index (χ4v) is 2.82. The lowest BCUT2D eigenvalue weighted by Gasteiger charge is -2.21. The summed E-state index contributed by atoms with van der Waals surface area (Å²) in [5, 5.41) is 0.830. The number of nitrogens with zero attached hydrogens (tertiary/aromatic N) is 3. The van der Waals surface area contributed by atoms with Crippen molar-refractivity contribution in [3.05, 3.63) is 47.9 Å². The number of carbonyl (C=O) groups is 1. The maximum atomic E-state index is 12.4. The van der Waals surface area contributed by atoms with Crippen molar-refractivity contribution in [3.63, 3.8) is 0 Å². The van der Waals surface area contributed by atoms with Gasteiger partial charge in [0.1, 0.15) is 11.4 Å². The van der Waals surface area contributed by atoms with Gasteiger partial charge in [0.15, 0.2) is 0 Å². The minimum atomic E-state index is 0.0874. The first-order valence-corrected chi connectivity index (χ1v) is 7.87. The van der Waals surface area contributed by atoms with Crippen LogP contribution >= 0.6 is 11.8 Å². The van der Waals surface area contributed by atoms with Crippen LogP contribution in [0.1, 0.15) is 18.2 Å². The van der Waals surface area contributed by atoms with Gasteiger partial charge in [-0.2, -0.15) is 0 Å². The Bertz CT molecular complexity index is 630. The Hall–Kier alpha value is -1.88. The second-order valence-electron chi connectivity index (χ2n) is 4.76. The fourth-order valence-electron chi connectivity index (χ4n) is 2.02. The first-order chi connectivity index (χ1) is 10.1. The van der Waals surface area contributed by atoms with E-state index >= 15 is 0 Å². The number of carbonyl (C=O) groups excluding carboxylic acids is 1. The van der Waals surface area contributed by atoms with Gasteiger partial charge in [-0.3, -0.25) is 4.79 Å². The molecular formula is C16H19N3OS. The van der Waals surface area contributed by atoms with Crippen LogP contribution in [0.2, 0.25) is 0 Å². The minimum Gasteiger partial charge on any atom is -0.312 e. The molecule has 0 atom stereocenters. The van der Waals surface area contributed by atoms with Crippen LogP contribution in [0.15, 0.2) is 41.7 Å². The molecule has 2 aromatic rings. The summed E-state index contributed by atoms with van der Waals surface area (Å²) in [5.41, 5.74) is 3.01. The summed E-state index contributed by atoms with van der Waals surface area (Å²) in [6, 6.07) is 9.89. The van der Waals surface area contributed by atoms with Crippen molar-refractivity contribution in [2.45, 2.75) is 25.8 Å². The fraction of sp³-hybridized carbons (Fsp3) is 0.312. The second kappa shape index (κ2) is 7.22. The Labute approximate surface area is 129 Å². The van der Waals surface area contributed by atoms with E-state index in [1.54, 1.807) is 4.90 Å². The summed E-state index contributed by atoms with van der Waals surface area (Å²) >= 11 is 1.44. The average Bonchev–Trinajstić information content (AvgIpc) is 2.46. The highest BCUT2D eigenvalue weighted by Gasteiger charge is 2.14. The Kier molecular flexibility index (Phi) is 5.33. The summed E-state index contributed by atoms with van der Waals surface area (Å²) < 4.78 is 0. The van der Waals surface area contributed by atoms with E-state index in [-0.39, 0.29) is 5.91 Å². The number of anilines is 1. The molecule has 0 bridgehead atoms. The van der Waals surface area contributed by atoms with Gasteiger partial charge in [-0.25, -0.2) is 9.97 Å². The molecule has 0 N–H and O–H groups in total. The van der Waals surface area contributed by atoms with Crippen LogP contribution in [-0.2, 0) is 4.79 Å². The van der Waals surface area contributed by atoms with Crippen molar-refractivity contribution < 1.29 is 4.79 Å². The molecular weight excluding hydrogens is 282 g/mol. The molecule has 0 aliphatic rings. The predicted octanol–water partition coefficient (Wildman–Crippen LogP) is 3.24. The molecule has 2 rings (SSSR count). The minimum absolute atomic E-state index is 0.0874. The van der Waals surface area contributed by atoms with Crippen molar-refractivity contribution in [2.24, 2.45) is 0 Å². The number of benzene rings is 1. The number of amides is 1. The lowest BCUT2D eigenvalue weighted by atomic mass is 10.2. The van der Waals surface area contributed by atoms with Crippen LogP contribution in [0.4, 0.5) is 5.69 Å². The average molecular weight is 301 g/mol. The van der Waals surface area contributed by atoms with Crippen LogP contribution in [0, 0.1) is 13.8 Å². The molecule has 0 saturated heterocycles. The standard InChI is InChI=1S/C16H19N3OS/c1-4-19(14-7-5-6-12(2)8-14)16(20)10-21-15-9-13(3)17-11-18-15/h5-9,11H,4,10H2,1-3H3. The van der Waals surface area contributed by atoms with E-state index in [9.17, 15) is 4.79 Å². The topological polar surface area (TPSA) is 46.1 Å². The van der Waals surface area contributed by atoms with Crippen LogP contribution in [0.25, 0.3) is 0 Å². The van der Waals surface area contributed by atoms with E-state index in [1.165, 1.54) is 18.1 Å². The van der Waals surface area contributed by atoms with Crippen LogP contribution < -0.4 is 4.90 Å². The molecule has 0 unspecified atom stereocenters. The van der Waals surface area contributed by atoms with E-state index in [2.05, 4.69) is 9.97 Å². The Balaban J connectivity index is 2.04. The maximum absolute atomic E-state index is 12.4. The molecule has 21 heavy (non-hydrogen) atoms. The highest BCUT2D eigenvalue weighted by Crippen LogP contribution is 2.20. The van der Waals surface area contributed by atoms with E-state index < -0.39 is 0 Å². The number of hydrogen-bond donors (Lipinski definition) is 0. The Morgan fingerprint density at radius 2 is 2.05 bits per heavy atom. The highest BCUT2D eigenvalue weighted by atomic mass is 32.2. The van der Waals surface area contributed by atoms with Gasteiger partial charge in [-0.1, -0.05) is 23.9 Å². The van der Waals surface area contributed by atoms with Gasteiger partial charge in [-0.05, 0) is 44.5 Å². The zero-order valence-electron chi connectivity index (χ0n) is 12.5. The van der Waals surface area contributed by atoms with Crippen LogP contribution in [0.3, 0.4) is 0 Å². The normalized spacial score (nSPS) is 10.4. The molecule has 1 heterocycles. The van der Waals surface area contributed by atoms with Gasteiger partial charge in [0.05, 0.1) is 5.75 Å². The molecule has 1 amide bonds. The third kappa shape index (κ3) is 4.29. The van der Waals surface area contributed by atoms with Crippen LogP contribution in [-0.4, -0.2) is 28.2 Å². The number of rotatable bonds is 5. The first-order valence-electron chi connectivity index (χ1n) is 6.88. The lowest BCUT2D eigenvalue weighted by molar-refractivity contribution is -0.116. The molecule has 110 valence electrons. The summed E-state index contributed by atoms with van der Waals surface area (Å²) in [5.74, 6) is 0.461. The van der Waals surface area contributed by atoms with Crippen molar-refractivity contribution in [2.75, 3.05) is 17.2 Å². The Morgan fingerprint density at radius 1 is 1.24 bits per heavy atom. The molecule has 0 aliphatic carbocycles. The quantitative estimate of drug-likeness (QED) is 0.628. The SMILES string of the molecule is CCN(C(=O)CSc1cc(C)ncn1)c1cccc(C)c1. The second-order valence-corrected chi connectivity index (χ2v) is 5.76. The summed E-state index contributed by atoms with van der Waals surface area (Å²) in [7, 11) is 0. The van der Waals surface area contributed by atoms with E-state index in [0.717, 1.165) is 22.0 Å². The number of aryl methyl sites for hydroxylation is 2. The number of hydrogen-bond acceptors (Lipinski definition) is 4. The molecule has 0 spiro atoms. The van der Waals surface area contributed by atoms with Crippen molar-refractivity contribution in [1.82, 2.24) is 9.97 Å². The highest BCUT2D eigenvalue weighted by molar-refractivity contribution is 7.99. The summed E-state index contributed by atoms with van der Waals surface area (Å²) in [6.07, 6.45) is 1.53. The van der Waals surface area contributed by atoms with Gasteiger partial charge >= 0.3 is 0 Å². The third-order valence-corrected chi connectivity index (χ3v) is 3.96. The van der Waals surface area contributed by atoms with Gasteiger partial charge < -0.3 is 4.90 Å². The zero-order valence-corrected chi connectivity index (χ0v) is 13.4. The van der Waals surface area contributed by atoms with Gasteiger partial charge in [-0.15, -0.1) is 0 Å². The molecule has 0 aliphatic heterocycles. The van der Waals surface area contributed by atoms with E-state index in [4.69, 9.17) is 0 Å². The maximum Gasteiger partial charge on any atom is 0.237 e. The van der Waals surface area contributed by atoms with Crippen LogP contribution in [0.5, 0.6) is 0 Å². The molecule has 0 saturated carbocycles. The lowest BCUT2D eigenvalue weighted by Crippen LogP contribution is -2.32. The summed E-state index contributed by atoms with van der Waals surface area (Å²) in [6.45, 7) is 6.59.